The molecule has 144 valence electrons. The summed E-state index contributed by atoms with van der Waals surface area (Å²) in [6.07, 6.45) is 13.0. The zero-order valence-electron chi connectivity index (χ0n) is 15.6. The van der Waals surface area contributed by atoms with Gasteiger partial charge < -0.3 is 19.2 Å². The fourth-order valence-corrected chi connectivity index (χ4v) is 3.97. The summed E-state index contributed by atoms with van der Waals surface area (Å²) >= 11 is 0. The van der Waals surface area contributed by atoms with Crippen molar-refractivity contribution in [1.82, 2.24) is 25.0 Å². The number of fused-ring (bicyclic) bond motifs is 1. The van der Waals surface area contributed by atoms with E-state index < -0.39 is 0 Å². The van der Waals surface area contributed by atoms with Gasteiger partial charge >= 0.3 is 0 Å². The van der Waals surface area contributed by atoms with E-state index in [9.17, 15) is 4.79 Å². The SMILES string of the molecule is O=C(NCCc1nnc2n1CCN(CC1CC=CCC1)CC2)c1ccoc1. The zero-order chi connectivity index (χ0) is 18.5. The third-order valence-corrected chi connectivity index (χ3v) is 5.51. The van der Waals surface area contributed by atoms with Crippen LogP contribution in [0.3, 0.4) is 0 Å². The van der Waals surface area contributed by atoms with Gasteiger partial charge in [0.15, 0.2) is 0 Å². The normalized spacial score (nSPS) is 20.2. The Kier molecular flexibility index (Phi) is 5.67. The molecular weight excluding hydrogens is 342 g/mol. The van der Waals surface area contributed by atoms with Crippen LogP contribution in [-0.2, 0) is 19.4 Å². The number of rotatable bonds is 6. The van der Waals surface area contributed by atoms with E-state index in [1.54, 1.807) is 6.07 Å². The second-order valence-corrected chi connectivity index (χ2v) is 7.40. The molecule has 2 aromatic heterocycles. The van der Waals surface area contributed by atoms with Crippen molar-refractivity contribution in [2.45, 2.75) is 38.6 Å². The summed E-state index contributed by atoms with van der Waals surface area (Å²) in [7, 11) is 0. The Bertz CT molecular complexity index is 780. The number of aromatic nitrogens is 3. The molecule has 0 saturated heterocycles. The lowest BCUT2D eigenvalue weighted by molar-refractivity contribution is 0.0953. The van der Waals surface area contributed by atoms with Crippen LogP contribution in [0.2, 0.25) is 0 Å². The molecule has 1 amide bonds. The minimum atomic E-state index is -0.118. The number of nitrogens with one attached hydrogen (secondary N) is 1. The molecule has 0 spiro atoms. The molecule has 0 fully saturated rings. The fraction of sp³-hybridized carbons (Fsp3) is 0.550. The van der Waals surface area contributed by atoms with Crippen molar-refractivity contribution in [2.75, 3.05) is 26.2 Å². The van der Waals surface area contributed by atoms with Crippen molar-refractivity contribution in [3.63, 3.8) is 0 Å². The maximum absolute atomic E-state index is 12.0. The first kappa shape index (κ1) is 18.0. The standard InChI is InChI=1S/C20H27N5O2/c26-20(17-8-13-27-15-17)21-9-6-18-22-23-19-7-10-24(11-12-25(18)19)14-16-4-2-1-3-5-16/h1-2,8,13,15-16H,3-7,9-12,14H2,(H,21,26). The lowest BCUT2D eigenvalue weighted by Crippen LogP contribution is -2.32. The maximum Gasteiger partial charge on any atom is 0.254 e. The number of nitrogens with zero attached hydrogens (tertiary/aromatic N) is 4. The van der Waals surface area contributed by atoms with Crippen molar-refractivity contribution >= 4 is 5.91 Å². The molecule has 1 aliphatic heterocycles. The summed E-state index contributed by atoms with van der Waals surface area (Å²) in [6.45, 7) is 4.74. The highest BCUT2D eigenvalue weighted by atomic mass is 16.3. The maximum atomic E-state index is 12.0. The summed E-state index contributed by atoms with van der Waals surface area (Å²) in [5.41, 5.74) is 0.545. The minimum Gasteiger partial charge on any atom is -0.472 e. The molecule has 1 atom stereocenters. The van der Waals surface area contributed by atoms with E-state index in [1.165, 1.54) is 38.3 Å². The average Bonchev–Trinajstić information content (AvgIpc) is 3.31. The zero-order valence-corrected chi connectivity index (χ0v) is 15.6. The molecule has 1 aliphatic carbocycles. The van der Waals surface area contributed by atoms with E-state index in [1.807, 2.05) is 0 Å². The van der Waals surface area contributed by atoms with Crippen LogP contribution in [0.4, 0.5) is 0 Å². The van der Waals surface area contributed by atoms with Crippen LogP contribution in [0, 0.1) is 5.92 Å². The Labute approximate surface area is 159 Å². The Hall–Kier alpha value is -2.41. The Morgan fingerprint density at radius 2 is 2.22 bits per heavy atom. The summed E-state index contributed by atoms with van der Waals surface area (Å²) in [5.74, 6) is 2.69. The Morgan fingerprint density at radius 1 is 1.26 bits per heavy atom. The van der Waals surface area contributed by atoms with Crippen molar-refractivity contribution in [2.24, 2.45) is 5.92 Å². The van der Waals surface area contributed by atoms with Gasteiger partial charge in [-0.05, 0) is 31.2 Å². The van der Waals surface area contributed by atoms with Gasteiger partial charge in [-0.2, -0.15) is 0 Å². The second-order valence-electron chi connectivity index (χ2n) is 7.40. The predicted molar refractivity (Wildman–Crippen MR) is 101 cm³/mol. The number of amides is 1. The number of allylic oxidation sites excluding steroid dienone is 2. The van der Waals surface area contributed by atoms with Gasteiger partial charge in [-0.25, -0.2) is 0 Å². The molecule has 2 aliphatic rings. The highest BCUT2D eigenvalue weighted by molar-refractivity contribution is 5.93. The highest BCUT2D eigenvalue weighted by Gasteiger charge is 2.21. The smallest absolute Gasteiger partial charge is 0.254 e. The first-order valence-corrected chi connectivity index (χ1v) is 9.88. The summed E-state index contributed by atoms with van der Waals surface area (Å²) in [6, 6.07) is 1.66. The van der Waals surface area contributed by atoms with Crippen LogP contribution < -0.4 is 5.32 Å². The summed E-state index contributed by atoms with van der Waals surface area (Å²) in [5, 5.41) is 11.7. The van der Waals surface area contributed by atoms with E-state index in [-0.39, 0.29) is 5.91 Å². The van der Waals surface area contributed by atoms with Crippen LogP contribution in [0.15, 0.2) is 35.2 Å². The van der Waals surface area contributed by atoms with Gasteiger partial charge in [-0.1, -0.05) is 12.2 Å². The lowest BCUT2D eigenvalue weighted by Gasteiger charge is -2.26. The van der Waals surface area contributed by atoms with E-state index in [0.717, 1.165) is 43.6 Å². The lowest BCUT2D eigenvalue weighted by atomic mass is 9.94. The van der Waals surface area contributed by atoms with Gasteiger partial charge in [-0.3, -0.25) is 4.79 Å². The van der Waals surface area contributed by atoms with Crippen molar-refractivity contribution < 1.29 is 9.21 Å². The third-order valence-electron chi connectivity index (χ3n) is 5.51. The first-order chi connectivity index (χ1) is 13.3. The van der Waals surface area contributed by atoms with Crippen LogP contribution in [0.1, 0.15) is 41.3 Å². The molecule has 0 radical (unpaired) electrons. The van der Waals surface area contributed by atoms with Gasteiger partial charge in [-0.15, -0.1) is 10.2 Å². The molecule has 4 rings (SSSR count). The molecule has 3 heterocycles. The topological polar surface area (TPSA) is 76.2 Å². The molecule has 0 saturated carbocycles. The van der Waals surface area contributed by atoms with E-state index >= 15 is 0 Å². The number of hydrogen-bond donors (Lipinski definition) is 1. The molecular formula is C20H27N5O2. The monoisotopic (exact) mass is 369 g/mol. The van der Waals surface area contributed by atoms with E-state index in [0.29, 0.717) is 18.5 Å². The van der Waals surface area contributed by atoms with E-state index in [4.69, 9.17) is 4.42 Å². The van der Waals surface area contributed by atoms with Gasteiger partial charge in [0, 0.05) is 45.6 Å². The molecule has 7 nitrogen and oxygen atoms in total. The fourth-order valence-electron chi connectivity index (χ4n) is 3.97. The van der Waals surface area contributed by atoms with Crippen LogP contribution in [0.5, 0.6) is 0 Å². The quantitative estimate of drug-likeness (QED) is 0.789. The minimum absolute atomic E-state index is 0.118. The molecule has 1 N–H and O–H groups in total. The number of carbonyl (C=O) groups excluding carboxylic acids is 1. The van der Waals surface area contributed by atoms with Crippen LogP contribution >= 0.6 is 0 Å². The third kappa shape index (κ3) is 4.47. The molecule has 2 aromatic rings. The second kappa shape index (κ2) is 8.52. The van der Waals surface area contributed by atoms with Crippen LogP contribution in [-0.4, -0.2) is 51.8 Å². The number of carbonyl (C=O) groups is 1. The van der Waals surface area contributed by atoms with Crippen molar-refractivity contribution in [3.8, 4) is 0 Å². The van der Waals surface area contributed by atoms with Gasteiger partial charge in [0.05, 0.1) is 11.8 Å². The molecule has 0 aromatic carbocycles. The van der Waals surface area contributed by atoms with E-state index in [2.05, 4.69) is 37.1 Å². The highest BCUT2D eigenvalue weighted by Crippen LogP contribution is 2.20. The van der Waals surface area contributed by atoms with Gasteiger partial charge in [0.1, 0.15) is 17.9 Å². The average molecular weight is 369 g/mol. The van der Waals surface area contributed by atoms with Crippen molar-refractivity contribution in [1.29, 1.82) is 0 Å². The summed E-state index contributed by atoms with van der Waals surface area (Å²) in [4.78, 5) is 14.6. The molecule has 27 heavy (non-hydrogen) atoms. The van der Waals surface area contributed by atoms with Crippen molar-refractivity contribution in [3.05, 3.63) is 48.0 Å². The molecule has 7 heteroatoms. The van der Waals surface area contributed by atoms with Gasteiger partial charge in [0.25, 0.3) is 5.91 Å². The first-order valence-electron chi connectivity index (χ1n) is 9.88. The number of hydrogen-bond acceptors (Lipinski definition) is 5. The summed E-state index contributed by atoms with van der Waals surface area (Å²) < 4.78 is 7.19. The Balaban J connectivity index is 1.29. The number of furan rings is 1. The Morgan fingerprint density at radius 3 is 3.04 bits per heavy atom. The van der Waals surface area contributed by atoms with Gasteiger partial charge in [0.2, 0.25) is 0 Å². The largest absolute Gasteiger partial charge is 0.472 e. The van der Waals surface area contributed by atoms with Crippen LogP contribution in [0.25, 0.3) is 0 Å². The molecule has 0 bridgehead atoms. The molecule has 1 unspecified atom stereocenters. The predicted octanol–water partition coefficient (Wildman–Crippen LogP) is 2.06.